The van der Waals surface area contributed by atoms with Gasteiger partial charge < -0.3 is 10.2 Å². The molecule has 0 aromatic carbocycles. The van der Waals surface area contributed by atoms with Crippen molar-refractivity contribution in [2.75, 3.05) is 17.6 Å². The third kappa shape index (κ3) is 7.65. The van der Waals surface area contributed by atoms with Crippen molar-refractivity contribution in [3.63, 3.8) is 0 Å². The predicted octanol–water partition coefficient (Wildman–Crippen LogP) is 4.47. The van der Waals surface area contributed by atoms with Gasteiger partial charge in [-0.15, -0.1) is 11.8 Å². The number of hydrogen-bond donors (Lipinski definition) is 2. The van der Waals surface area contributed by atoms with Gasteiger partial charge in [-0.2, -0.15) is 13.2 Å². The van der Waals surface area contributed by atoms with Crippen molar-refractivity contribution in [2.45, 2.75) is 31.7 Å². The van der Waals surface area contributed by atoms with Crippen LogP contribution in [0.15, 0.2) is 36.4 Å². The van der Waals surface area contributed by atoms with E-state index in [2.05, 4.69) is 10.3 Å². The first-order chi connectivity index (χ1) is 12.2. The zero-order chi connectivity index (χ0) is 19.7. The first-order valence-corrected chi connectivity index (χ1v) is 9.19. The lowest BCUT2D eigenvalue weighted by molar-refractivity contribution is -0.130. The summed E-state index contributed by atoms with van der Waals surface area (Å²) in [6, 6.07) is 3.46. The number of thioether (sulfide) groups is 1. The SMILES string of the molecule is CCN(C(=O)C(C)SCCC(F)(F)F)/C(=C/Nc1cccnc1)C(=N)Cl. The molecule has 1 aromatic heterocycles. The molecule has 1 unspecified atom stereocenters. The maximum Gasteiger partial charge on any atom is 0.389 e. The Morgan fingerprint density at radius 2 is 2.23 bits per heavy atom. The third-order valence-corrected chi connectivity index (χ3v) is 4.57. The summed E-state index contributed by atoms with van der Waals surface area (Å²) >= 11 is 6.72. The number of alkyl halides is 3. The van der Waals surface area contributed by atoms with E-state index in [-0.39, 0.29) is 23.2 Å². The van der Waals surface area contributed by atoms with Crippen molar-refractivity contribution >= 4 is 40.1 Å². The monoisotopic (exact) mass is 408 g/mol. The molecular weight excluding hydrogens is 389 g/mol. The Bertz CT molecular complexity index is 640. The van der Waals surface area contributed by atoms with E-state index in [9.17, 15) is 18.0 Å². The normalized spacial score (nSPS) is 13.2. The highest BCUT2D eigenvalue weighted by molar-refractivity contribution is 8.00. The van der Waals surface area contributed by atoms with Crippen LogP contribution < -0.4 is 5.32 Å². The van der Waals surface area contributed by atoms with Crippen LogP contribution in [-0.2, 0) is 4.79 Å². The molecule has 0 aliphatic carbocycles. The number of anilines is 1. The maximum absolute atomic E-state index is 12.6. The van der Waals surface area contributed by atoms with Gasteiger partial charge in [0.25, 0.3) is 0 Å². The highest BCUT2D eigenvalue weighted by Gasteiger charge is 2.29. The summed E-state index contributed by atoms with van der Waals surface area (Å²) in [5.41, 5.74) is 0.769. The minimum absolute atomic E-state index is 0.131. The summed E-state index contributed by atoms with van der Waals surface area (Å²) in [7, 11) is 0. The Kier molecular flexibility index (Phi) is 8.94. The number of rotatable bonds is 9. The average molecular weight is 409 g/mol. The van der Waals surface area contributed by atoms with E-state index >= 15 is 0 Å². The molecule has 5 nitrogen and oxygen atoms in total. The molecule has 144 valence electrons. The molecule has 1 heterocycles. The van der Waals surface area contributed by atoms with E-state index in [1.54, 1.807) is 31.5 Å². The third-order valence-electron chi connectivity index (χ3n) is 3.24. The number of nitrogens with one attached hydrogen (secondary N) is 2. The molecule has 1 rings (SSSR count). The minimum Gasteiger partial charge on any atom is -0.358 e. The molecule has 26 heavy (non-hydrogen) atoms. The second-order valence-corrected chi connectivity index (χ2v) is 7.02. The first-order valence-electron chi connectivity index (χ1n) is 7.76. The fourth-order valence-corrected chi connectivity index (χ4v) is 3.08. The number of aromatic nitrogens is 1. The predicted molar refractivity (Wildman–Crippen MR) is 99.5 cm³/mol. The fourth-order valence-electron chi connectivity index (χ4n) is 1.95. The molecule has 0 radical (unpaired) electrons. The molecule has 0 aliphatic rings. The van der Waals surface area contributed by atoms with Crippen molar-refractivity contribution in [1.82, 2.24) is 9.88 Å². The van der Waals surface area contributed by atoms with Crippen LogP contribution in [0, 0.1) is 5.41 Å². The number of hydrogen-bond acceptors (Lipinski definition) is 5. The lowest BCUT2D eigenvalue weighted by Crippen LogP contribution is -2.38. The number of carbonyl (C=O) groups is 1. The lowest BCUT2D eigenvalue weighted by atomic mass is 10.3. The van der Waals surface area contributed by atoms with Gasteiger partial charge in [0, 0.05) is 24.7 Å². The summed E-state index contributed by atoms with van der Waals surface area (Å²) in [6.07, 6.45) is -0.656. The topological polar surface area (TPSA) is 69.1 Å². The van der Waals surface area contributed by atoms with Gasteiger partial charge in [0.1, 0.15) is 5.17 Å². The van der Waals surface area contributed by atoms with E-state index in [1.165, 1.54) is 18.0 Å². The lowest BCUT2D eigenvalue weighted by Gasteiger charge is -2.26. The summed E-state index contributed by atoms with van der Waals surface area (Å²) in [6.45, 7) is 3.46. The van der Waals surface area contributed by atoms with Crippen LogP contribution >= 0.6 is 23.4 Å². The zero-order valence-electron chi connectivity index (χ0n) is 14.3. The number of allylic oxidation sites excluding steroid dienone is 1. The number of amides is 1. The van der Waals surface area contributed by atoms with Crippen LogP contribution in [0.3, 0.4) is 0 Å². The Hall–Kier alpha value is -1.74. The van der Waals surface area contributed by atoms with Gasteiger partial charge >= 0.3 is 6.18 Å². The van der Waals surface area contributed by atoms with Crippen LogP contribution in [0.4, 0.5) is 18.9 Å². The van der Waals surface area contributed by atoms with Gasteiger partial charge in [0.05, 0.1) is 29.3 Å². The number of pyridine rings is 1. The quantitative estimate of drug-likeness (QED) is 0.591. The van der Waals surface area contributed by atoms with Crippen molar-refractivity contribution in [3.05, 3.63) is 36.4 Å². The number of nitrogens with zero attached hydrogens (tertiary/aromatic N) is 2. The maximum atomic E-state index is 12.6. The van der Waals surface area contributed by atoms with Gasteiger partial charge in [-0.1, -0.05) is 11.6 Å². The van der Waals surface area contributed by atoms with Crippen LogP contribution in [0.5, 0.6) is 0 Å². The molecule has 1 amide bonds. The van der Waals surface area contributed by atoms with Gasteiger partial charge in [-0.05, 0) is 26.0 Å². The minimum atomic E-state index is -4.25. The van der Waals surface area contributed by atoms with Crippen molar-refractivity contribution in [1.29, 1.82) is 5.41 Å². The summed E-state index contributed by atoms with van der Waals surface area (Å²) in [4.78, 5) is 17.8. The summed E-state index contributed by atoms with van der Waals surface area (Å²) in [5, 5.41) is 9.54. The largest absolute Gasteiger partial charge is 0.389 e. The Labute approximate surface area is 159 Å². The standard InChI is InChI=1S/C16H20ClF3N4OS/c1-3-24(15(25)11(2)26-8-6-16(18,19)20)13(14(17)21)10-23-12-5-4-7-22-9-12/h4-5,7,9-11,21,23H,3,6,8H2,1-2H3/b13-10+,21-14?. The van der Waals surface area contributed by atoms with Crippen LogP contribution in [0.1, 0.15) is 20.3 Å². The molecule has 0 fully saturated rings. The molecule has 0 saturated heterocycles. The van der Waals surface area contributed by atoms with E-state index in [0.717, 1.165) is 11.8 Å². The van der Waals surface area contributed by atoms with Gasteiger partial charge in [0.15, 0.2) is 0 Å². The molecule has 0 saturated carbocycles. The molecular formula is C16H20ClF3N4OS. The van der Waals surface area contributed by atoms with Crippen LogP contribution in [0.2, 0.25) is 0 Å². The van der Waals surface area contributed by atoms with Crippen LogP contribution in [-0.4, -0.2) is 44.7 Å². The van der Waals surface area contributed by atoms with Gasteiger partial charge in [-0.3, -0.25) is 15.2 Å². The van der Waals surface area contributed by atoms with Gasteiger partial charge in [-0.25, -0.2) is 0 Å². The fraction of sp³-hybridized carbons (Fsp3) is 0.438. The molecule has 1 aromatic rings. The molecule has 1 atom stereocenters. The second kappa shape index (κ2) is 10.4. The van der Waals surface area contributed by atoms with Crippen molar-refractivity contribution in [2.24, 2.45) is 0 Å². The van der Waals surface area contributed by atoms with E-state index in [1.807, 2.05) is 0 Å². The van der Waals surface area contributed by atoms with E-state index in [4.69, 9.17) is 17.0 Å². The van der Waals surface area contributed by atoms with E-state index in [0.29, 0.717) is 5.69 Å². The highest BCUT2D eigenvalue weighted by Crippen LogP contribution is 2.25. The number of carbonyl (C=O) groups excluding carboxylic acids is 1. The average Bonchev–Trinajstić information content (AvgIpc) is 2.57. The van der Waals surface area contributed by atoms with Crippen molar-refractivity contribution in [3.8, 4) is 0 Å². The molecule has 2 N–H and O–H groups in total. The smallest absolute Gasteiger partial charge is 0.358 e. The molecule has 0 spiro atoms. The Morgan fingerprint density at radius 3 is 2.73 bits per heavy atom. The molecule has 10 heteroatoms. The number of halogens is 4. The summed E-state index contributed by atoms with van der Waals surface area (Å²) in [5.74, 6) is -0.622. The summed E-state index contributed by atoms with van der Waals surface area (Å²) < 4.78 is 36.8. The Balaban J connectivity index is 2.82. The highest BCUT2D eigenvalue weighted by atomic mass is 35.5. The van der Waals surface area contributed by atoms with Crippen molar-refractivity contribution < 1.29 is 18.0 Å². The van der Waals surface area contributed by atoms with Gasteiger partial charge in [0.2, 0.25) is 5.91 Å². The second-order valence-electron chi connectivity index (χ2n) is 5.19. The molecule has 0 bridgehead atoms. The zero-order valence-corrected chi connectivity index (χ0v) is 15.9. The van der Waals surface area contributed by atoms with E-state index < -0.39 is 23.8 Å². The Morgan fingerprint density at radius 1 is 1.54 bits per heavy atom. The molecule has 0 aliphatic heterocycles. The van der Waals surface area contributed by atoms with Crippen LogP contribution in [0.25, 0.3) is 0 Å². The first kappa shape index (κ1) is 22.3.